The van der Waals surface area contributed by atoms with Gasteiger partial charge < -0.3 is 9.80 Å². The van der Waals surface area contributed by atoms with Crippen LogP contribution in [0.4, 0.5) is 11.6 Å². The zero-order chi connectivity index (χ0) is 11.9. The van der Waals surface area contributed by atoms with E-state index in [9.17, 15) is 0 Å². The van der Waals surface area contributed by atoms with Crippen LogP contribution < -0.4 is 9.80 Å². The van der Waals surface area contributed by atoms with E-state index in [0.29, 0.717) is 5.92 Å². The molecule has 1 aromatic heterocycles. The zero-order valence-electron chi connectivity index (χ0n) is 10.8. The Hall–Kier alpha value is -1.32. The van der Waals surface area contributed by atoms with Crippen molar-refractivity contribution in [1.82, 2.24) is 9.97 Å². The molecule has 0 bridgehead atoms. The number of hydrogen-bond acceptors (Lipinski definition) is 4. The van der Waals surface area contributed by atoms with Crippen LogP contribution in [0.2, 0.25) is 0 Å². The van der Waals surface area contributed by atoms with Crippen LogP contribution in [0.25, 0.3) is 0 Å². The third-order valence-electron chi connectivity index (χ3n) is 2.98. The van der Waals surface area contributed by atoms with Gasteiger partial charge in [-0.15, -0.1) is 0 Å². The lowest BCUT2D eigenvalue weighted by atomic mass is 10.2. The molecule has 2 rings (SSSR count). The minimum atomic E-state index is 0.373. The summed E-state index contributed by atoms with van der Waals surface area (Å²) in [6, 6.07) is 0. The van der Waals surface area contributed by atoms with E-state index < -0.39 is 0 Å². The van der Waals surface area contributed by atoms with Gasteiger partial charge in [-0.05, 0) is 6.42 Å². The Kier molecular flexibility index (Phi) is 2.74. The number of fused-ring (bicyclic) bond motifs is 1. The van der Waals surface area contributed by atoms with Crippen molar-refractivity contribution in [3.63, 3.8) is 0 Å². The van der Waals surface area contributed by atoms with E-state index in [1.165, 1.54) is 5.56 Å². The summed E-state index contributed by atoms with van der Waals surface area (Å²) in [6.45, 7) is 5.32. The summed E-state index contributed by atoms with van der Waals surface area (Å²) in [5.41, 5.74) is 1.29. The van der Waals surface area contributed by atoms with Crippen LogP contribution in [0.3, 0.4) is 0 Å². The second-order valence-corrected chi connectivity index (χ2v) is 4.93. The van der Waals surface area contributed by atoms with Gasteiger partial charge in [0, 0.05) is 39.2 Å². The Morgan fingerprint density at radius 1 is 1.25 bits per heavy atom. The molecule has 0 N–H and O–H groups in total. The highest BCUT2D eigenvalue weighted by atomic mass is 15.2. The third-order valence-corrected chi connectivity index (χ3v) is 2.98. The molecule has 2 heterocycles. The van der Waals surface area contributed by atoms with Gasteiger partial charge in [-0.2, -0.15) is 0 Å². The van der Waals surface area contributed by atoms with Crippen molar-refractivity contribution in [2.24, 2.45) is 0 Å². The highest BCUT2D eigenvalue weighted by molar-refractivity contribution is 5.63. The van der Waals surface area contributed by atoms with E-state index in [1.54, 1.807) is 0 Å². The highest BCUT2D eigenvalue weighted by Gasteiger charge is 2.24. The van der Waals surface area contributed by atoms with Gasteiger partial charge in [-0.25, -0.2) is 9.97 Å². The van der Waals surface area contributed by atoms with Gasteiger partial charge in [-0.1, -0.05) is 13.8 Å². The van der Waals surface area contributed by atoms with Gasteiger partial charge in [0.1, 0.15) is 17.5 Å². The smallest absolute Gasteiger partial charge is 0.137 e. The van der Waals surface area contributed by atoms with E-state index >= 15 is 0 Å². The van der Waals surface area contributed by atoms with Gasteiger partial charge in [-0.3, -0.25) is 0 Å². The van der Waals surface area contributed by atoms with E-state index in [2.05, 4.69) is 40.7 Å². The topological polar surface area (TPSA) is 32.3 Å². The predicted molar refractivity (Wildman–Crippen MR) is 67.4 cm³/mol. The van der Waals surface area contributed by atoms with Crippen molar-refractivity contribution in [2.45, 2.75) is 26.2 Å². The van der Waals surface area contributed by atoms with E-state index in [4.69, 9.17) is 0 Å². The molecule has 1 aliphatic rings. The van der Waals surface area contributed by atoms with Crippen LogP contribution in [-0.2, 0) is 6.42 Å². The maximum absolute atomic E-state index is 4.67. The molecule has 0 radical (unpaired) electrons. The van der Waals surface area contributed by atoms with Crippen molar-refractivity contribution < 1.29 is 0 Å². The average Bonchev–Trinajstić information content (AvgIpc) is 2.59. The molecule has 0 saturated carbocycles. The SMILES string of the molecule is CC(C)c1nc(N(C)C)c2c(n1)N(C)CC2. The van der Waals surface area contributed by atoms with Gasteiger partial charge in [0.15, 0.2) is 0 Å². The monoisotopic (exact) mass is 220 g/mol. The molecule has 0 saturated heterocycles. The lowest BCUT2D eigenvalue weighted by Crippen LogP contribution is -2.17. The second kappa shape index (κ2) is 3.92. The third kappa shape index (κ3) is 1.72. The second-order valence-electron chi connectivity index (χ2n) is 4.93. The van der Waals surface area contributed by atoms with Gasteiger partial charge in [0.25, 0.3) is 0 Å². The number of likely N-dealkylation sites (N-methyl/N-ethyl adjacent to an activating group) is 1. The van der Waals surface area contributed by atoms with E-state index in [1.807, 2.05) is 14.1 Å². The predicted octanol–water partition coefficient (Wildman–Crippen LogP) is 1.66. The molecule has 0 spiro atoms. The molecular formula is C12H20N4. The summed E-state index contributed by atoms with van der Waals surface area (Å²) in [7, 11) is 6.19. The molecular weight excluding hydrogens is 200 g/mol. The molecule has 4 nitrogen and oxygen atoms in total. The summed E-state index contributed by atoms with van der Waals surface area (Å²) in [4.78, 5) is 13.6. The maximum atomic E-state index is 4.67. The summed E-state index contributed by atoms with van der Waals surface area (Å²) in [5, 5.41) is 0. The summed E-state index contributed by atoms with van der Waals surface area (Å²) < 4.78 is 0. The summed E-state index contributed by atoms with van der Waals surface area (Å²) in [5.74, 6) is 3.51. The van der Waals surface area contributed by atoms with Crippen LogP contribution >= 0.6 is 0 Å². The van der Waals surface area contributed by atoms with Crippen LogP contribution in [0.15, 0.2) is 0 Å². The Bertz CT molecular complexity index is 398. The normalized spacial score (nSPS) is 14.5. The fourth-order valence-corrected chi connectivity index (χ4v) is 2.03. The van der Waals surface area contributed by atoms with Crippen LogP contribution in [-0.4, -0.2) is 37.7 Å². The minimum Gasteiger partial charge on any atom is -0.362 e. The summed E-state index contributed by atoms with van der Waals surface area (Å²) >= 11 is 0. The standard InChI is InChI=1S/C12H20N4/c1-8(2)10-13-11(15(3)4)9-6-7-16(5)12(9)14-10/h8H,6-7H2,1-5H3. The van der Waals surface area contributed by atoms with Crippen molar-refractivity contribution in [1.29, 1.82) is 0 Å². The first-order chi connectivity index (χ1) is 7.50. The van der Waals surface area contributed by atoms with Crippen molar-refractivity contribution in [2.75, 3.05) is 37.5 Å². The number of nitrogens with zero attached hydrogens (tertiary/aromatic N) is 4. The van der Waals surface area contributed by atoms with Crippen molar-refractivity contribution in [3.8, 4) is 0 Å². The van der Waals surface area contributed by atoms with Crippen LogP contribution in [0, 0.1) is 0 Å². The molecule has 0 aromatic carbocycles. The van der Waals surface area contributed by atoms with E-state index in [-0.39, 0.29) is 0 Å². The molecule has 0 atom stereocenters. The molecule has 4 heteroatoms. The lowest BCUT2D eigenvalue weighted by molar-refractivity contribution is 0.767. The largest absolute Gasteiger partial charge is 0.362 e. The Labute approximate surface area is 97.3 Å². The lowest BCUT2D eigenvalue weighted by Gasteiger charge is -2.19. The Morgan fingerprint density at radius 3 is 2.50 bits per heavy atom. The Morgan fingerprint density at radius 2 is 1.94 bits per heavy atom. The average molecular weight is 220 g/mol. The molecule has 16 heavy (non-hydrogen) atoms. The molecule has 0 amide bonds. The van der Waals surface area contributed by atoms with Gasteiger partial charge >= 0.3 is 0 Å². The van der Waals surface area contributed by atoms with Crippen LogP contribution in [0.1, 0.15) is 31.2 Å². The molecule has 1 aromatic rings. The summed E-state index contributed by atoms with van der Waals surface area (Å²) in [6.07, 6.45) is 1.05. The van der Waals surface area contributed by atoms with Gasteiger partial charge in [0.2, 0.25) is 0 Å². The molecule has 1 aliphatic heterocycles. The quantitative estimate of drug-likeness (QED) is 0.758. The minimum absolute atomic E-state index is 0.373. The highest BCUT2D eigenvalue weighted by Crippen LogP contribution is 2.32. The fraction of sp³-hybridized carbons (Fsp3) is 0.667. The first-order valence-electron chi connectivity index (χ1n) is 5.80. The first-order valence-corrected chi connectivity index (χ1v) is 5.80. The molecule has 0 aliphatic carbocycles. The van der Waals surface area contributed by atoms with Gasteiger partial charge in [0.05, 0.1) is 0 Å². The first kappa shape index (κ1) is 11.2. The molecule has 88 valence electrons. The number of hydrogen-bond donors (Lipinski definition) is 0. The Balaban J connectivity index is 2.57. The van der Waals surface area contributed by atoms with Crippen molar-refractivity contribution in [3.05, 3.63) is 11.4 Å². The van der Waals surface area contributed by atoms with E-state index in [0.717, 1.165) is 30.4 Å². The number of rotatable bonds is 2. The number of aromatic nitrogens is 2. The fourth-order valence-electron chi connectivity index (χ4n) is 2.03. The zero-order valence-corrected chi connectivity index (χ0v) is 10.8. The maximum Gasteiger partial charge on any atom is 0.137 e. The van der Waals surface area contributed by atoms with Crippen molar-refractivity contribution >= 4 is 11.6 Å². The molecule has 0 unspecified atom stereocenters. The number of anilines is 2. The molecule has 0 fully saturated rings. The van der Waals surface area contributed by atoms with Crippen LogP contribution in [0.5, 0.6) is 0 Å².